The van der Waals surface area contributed by atoms with Gasteiger partial charge in [0.15, 0.2) is 5.96 Å². The number of benzene rings is 2. The Morgan fingerprint density at radius 1 is 1.12 bits per heavy atom. The smallest absolute Gasteiger partial charge is 0.191 e. The lowest BCUT2D eigenvalue weighted by Gasteiger charge is -2.16. The first-order valence-corrected chi connectivity index (χ1v) is 10.5. The molecule has 0 aliphatic rings. The van der Waals surface area contributed by atoms with E-state index in [0.717, 1.165) is 28.9 Å². The Hall–Kier alpha value is -3.39. The molecular weight excluding hydrogens is 409 g/mol. The first-order valence-electron chi connectivity index (χ1n) is 10.5. The second-order valence-electron chi connectivity index (χ2n) is 7.34. The number of nitrogens with zero attached hydrogens (tertiary/aromatic N) is 3. The lowest BCUT2D eigenvalue weighted by Crippen LogP contribution is -2.36. The van der Waals surface area contributed by atoms with Gasteiger partial charge in [0.25, 0.3) is 0 Å². The molecule has 1 heterocycles. The Morgan fingerprint density at radius 2 is 1.97 bits per heavy atom. The summed E-state index contributed by atoms with van der Waals surface area (Å²) in [6.45, 7) is 4.29. The second kappa shape index (κ2) is 11.9. The van der Waals surface area contributed by atoms with Crippen molar-refractivity contribution in [3.8, 4) is 11.4 Å². The molecule has 0 unspecified atom stereocenters. The highest BCUT2D eigenvalue weighted by atomic mass is 19.1. The van der Waals surface area contributed by atoms with Crippen LogP contribution in [0.15, 0.2) is 60.1 Å². The van der Waals surface area contributed by atoms with Gasteiger partial charge in [-0.05, 0) is 36.2 Å². The third-order valence-electron chi connectivity index (χ3n) is 4.90. The molecule has 3 rings (SSSR count). The van der Waals surface area contributed by atoms with E-state index in [0.29, 0.717) is 38.0 Å². The number of imidazole rings is 1. The number of rotatable bonds is 10. The van der Waals surface area contributed by atoms with Crippen molar-refractivity contribution in [1.82, 2.24) is 20.2 Å². The second-order valence-corrected chi connectivity index (χ2v) is 7.34. The van der Waals surface area contributed by atoms with Crippen LogP contribution in [-0.2, 0) is 17.8 Å². The van der Waals surface area contributed by atoms with Crippen molar-refractivity contribution >= 4 is 5.96 Å². The molecule has 0 fully saturated rings. The highest BCUT2D eigenvalue weighted by Gasteiger charge is 2.08. The average Bonchev–Trinajstić information content (AvgIpc) is 3.32. The molecule has 2 aromatic carbocycles. The number of hydrogen-bond donors (Lipinski definition) is 2. The summed E-state index contributed by atoms with van der Waals surface area (Å²) in [6, 6.07) is 11.3. The standard InChI is InChI=1S/C24H30FN5O2/c1-18-5-7-20(23(13-18)32-12-4-11-31-3)16-29-24(26-2)28-15-19-6-8-22(21(25)14-19)30-10-9-27-17-30/h5-10,13-14,17H,4,11-12,15-16H2,1-3H3,(H2,26,28,29). The largest absolute Gasteiger partial charge is 0.493 e. The van der Waals surface area contributed by atoms with Gasteiger partial charge in [-0.15, -0.1) is 0 Å². The summed E-state index contributed by atoms with van der Waals surface area (Å²) in [5.41, 5.74) is 3.45. The number of halogens is 1. The minimum atomic E-state index is -0.305. The Bertz CT molecular complexity index is 1020. The number of aryl methyl sites for hydroxylation is 1. The molecule has 0 spiro atoms. The summed E-state index contributed by atoms with van der Waals surface area (Å²) >= 11 is 0. The summed E-state index contributed by atoms with van der Waals surface area (Å²) in [5.74, 6) is 1.16. The average molecular weight is 440 g/mol. The zero-order chi connectivity index (χ0) is 22.8. The molecule has 1 aromatic heterocycles. The summed E-state index contributed by atoms with van der Waals surface area (Å²) < 4.78 is 27.1. The molecule has 0 aliphatic carbocycles. The normalized spacial score (nSPS) is 11.4. The van der Waals surface area contributed by atoms with Crippen LogP contribution in [0.5, 0.6) is 5.75 Å². The fourth-order valence-corrected chi connectivity index (χ4v) is 3.18. The Labute approximate surface area is 188 Å². The van der Waals surface area contributed by atoms with E-state index >= 15 is 0 Å². The summed E-state index contributed by atoms with van der Waals surface area (Å²) in [4.78, 5) is 8.22. The SMILES string of the molecule is CN=C(NCc1ccc(-n2ccnc2)c(F)c1)NCc1ccc(C)cc1OCCCOC. The van der Waals surface area contributed by atoms with Crippen LogP contribution in [0.4, 0.5) is 4.39 Å². The maximum atomic E-state index is 14.5. The van der Waals surface area contributed by atoms with E-state index in [1.165, 1.54) is 6.07 Å². The van der Waals surface area contributed by atoms with Crippen molar-refractivity contribution in [3.63, 3.8) is 0 Å². The fourth-order valence-electron chi connectivity index (χ4n) is 3.18. The van der Waals surface area contributed by atoms with Crippen molar-refractivity contribution in [2.45, 2.75) is 26.4 Å². The van der Waals surface area contributed by atoms with Gasteiger partial charge >= 0.3 is 0 Å². The van der Waals surface area contributed by atoms with Gasteiger partial charge in [0, 0.05) is 58.2 Å². The number of ether oxygens (including phenoxy) is 2. The van der Waals surface area contributed by atoms with Crippen LogP contribution in [0.3, 0.4) is 0 Å². The van der Waals surface area contributed by atoms with E-state index in [4.69, 9.17) is 9.47 Å². The molecule has 3 aromatic rings. The molecule has 170 valence electrons. The predicted octanol–water partition coefficient (Wildman–Crippen LogP) is 3.60. The van der Waals surface area contributed by atoms with Crippen molar-refractivity contribution in [3.05, 3.63) is 77.6 Å². The Balaban J connectivity index is 1.56. The Morgan fingerprint density at radius 3 is 2.69 bits per heavy atom. The van der Waals surface area contributed by atoms with Gasteiger partial charge in [-0.25, -0.2) is 9.37 Å². The molecular formula is C24H30FN5O2. The third-order valence-corrected chi connectivity index (χ3v) is 4.90. The maximum Gasteiger partial charge on any atom is 0.191 e. The van der Waals surface area contributed by atoms with Crippen LogP contribution in [0.1, 0.15) is 23.1 Å². The van der Waals surface area contributed by atoms with Crippen LogP contribution in [0.25, 0.3) is 5.69 Å². The number of nitrogens with one attached hydrogen (secondary N) is 2. The van der Waals surface area contributed by atoms with Gasteiger partial charge in [-0.1, -0.05) is 18.2 Å². The molecule has 8 heteroatoms. The van der Waals surface area contributed by atoms with Crippen LogP contribution in [-0.4, -0.2) is 42.9 Å². The maximum absolute atomic E-state index is 14.5. The van der Waals surface area contributed by atoms with Crippen molar-refractivity contribution < 1.29 is 13.9 Å². The summed E-state index contributed by atoms with van der Waals surface area (Å²) in [7, 11) is 3.39. The topological polar surface area (TPSA) is 72.7 Å². The van der Waals surface area contributed by atoms with E-state index < -0.39 is 0 Å². The van der Waals surface area contributed by atoms with E-state index in [1.807, 2.05) is 25.1 Å². The lowest BCUT2D eigenvalue weighted by molar-refractivity contribution is 0.171. The molecule has 0 radical (unpaired) electrons. The van der Waals surface area contributed by atoms with Crippen molar-refractivity contribution in [2.24, 2.45) is 4.99 Å². The van der Waals surface area contributed by atoms with E-state index in [1.54, 1.807) is 43.5 Å². The molecule has 0 saturated heterocycles. The molecule has 0 saturated carbocycles. The number of hydrogen-bond acceptors (Lipinski definition) is 4. The minimum Gasteiger partial charge on any atom is -0.493 e. The molecule has 0 bridgehead atoms. The molecule has 0 aliphatic heterocycles. The van der Waals surface area contributed by atoms with Gasteiger partial charge in [0.2, 0.25) is 0 Å². The molecule has 32 heavy (non-hydrogen) atoms. The van der Waals surface area contributed by atoms with Crippen molar-refractivity contribution in [1.29, 1.82) is 0 Å². The van der Waals surface area contributed by atoms with Crippen LogP contribution < -0.4 is 15.4 Å². The van der Waals surface area contributed by atoms with Gasteiger partial charge in [0.05, 0.1) is 18.6 Å². The number of aliphatic imine (C=N–C) groups is 1. The number of guanidine groups is 1. The summed E-state index contributed by atoms with van der Waals surface area (Å²) in [5, 5.41) is 6.52. The quantitative estimate of drug-likeness (QED) is 0.287. The summed E-state index contributed by atoms with van der Waals surface area (Å²) in [6.07, 6.45) is 5.73. The van der Waals surface area contributed by atoms with E-state index in [-0.39, 0.29) is 5.82 Å². The first-order chi connectivity index (χ1) is 15.6. The zero-order valence-corrected chi connectivity index (χ0v) is 18.8. The number of aromatic nitrogens is 2. The molecule has 7 nitrogen and oxygen atoms in total. The van der Waals surface area contributed by atoms with Gasteiger partial charge in [-0.3, -0.25) is 4.99 Å². The highest BCUT2D eigenvalue weighted by molar-refractivity contribution is 5.79. The van der Waals surface area contributed by atoms with Crippen molar-refractivity contribution in [2.75, 3.05) is 27.4 Å². The van der Waals surface area contributed by atoms with Crippen LogP contribution in [0.2, 0.25) is 0 Å². The minimum absolute atomic E-state index is 0.305. The first kappa shape index (κ1) is 23.3. The predicted molar refractivity (Wildman–Crippen MR) is 124 cm³/mol. The molecule has 2 N–H and O–H groups in total. The Kier molecular flexibility index (Phi) is 8.62. The van der Waals surface area contributed by atoms with Gasteiger partial charge < -0.3 is 24.7 Å². The van der Waals surface area contributed by atoms with Gasteiger partial charge in [0.1, 0.15) is 11.6 Å². The monoisotopic (exact) mass is 439 g/mol. The van der Waals surface area contributed by atoms with Gasteiger partial charge in [-0.2, -0.15) is 0 Å². The highest BCUT2D eigenvalue weighted by Crippen LogP contribution is 2.20. The number of methoxy groups -OCH3 is 1. The zero-order valence-electron chi connectivity index (χ0n) is 18.8. The van der Waals surface area contributed by atoms with E-state index in [9.17, 15) is 4.39 Å². The molecule has 0 atom stereocenters. The van der Waals surface area contributed by atoms with Crippen LogP contribution >= 0.6 is 0 Å². The van der Waals surface area contributed by atoms with Crippen LogP contribution in [0, 0.1) is 12.7 Å². The molecule has 0 amide bonds. The van der Waals surface area contributed by atoms with E-state index in [2.05, 4.69) is 26.7 Å². The third kappa shape index (κ3) is 6.55. The lowest BCUT2D eigenvalue weighted by atomic mass is 10.1. The fraction of sp³-hybridized carbons (Fsp3) is 0.333.